The van der Waals surface area contributed by atoms with Crippen LogP contribution in [0.4, 0.5) is 20.2 Å². The average Bonchev–Trinajstić information content (AvgIpc) is 2.99. The lowest BCUT2D eigenvalue weighted by Crippen LogP contribution is -2.48. The van der Waals surface area contributed by atoms with E-state index in [0.717, 1.165) is 23.4 Å². The van der Waals surface area contributed by atoms with E-state index >= 15 is 0 Å². The predicted molar refractivity (Wildman–Crippen MR) is 102 cm³/mol. The minimum atomic E-state index is -0.468. The number of benzene rings is 2. The summed E-state index contributed by atoms with van der Waals surface area (Å²) in [6.45, 7) is 1.39. The fraction of sp³-hybridized carbons (Fsp3) is 0.333. The number of halogens is 2. The van der Waals surface area contributed by atoms with Gasteiger partial charge in [-0.15, -0.1) is 0 Å². The van der Waals surface area contributed by atoms with Gasteiger partial charge in [-0.1, -0.05) is 0 Å². The first-order valence-corrected chi connectivity index (χ1v) is 9.40. The number of carbonyl (C=O) groups excluding carboxylic acids is 2. The third-order valence-corrected chi connectivity index (χ3v) is 5.39. The second kappa shape index (κ2) is 7.67. The van der Waals surface area contributed by atoms with Crippen LogP contribution in [0.1, 0.15) is 19.3 Å². The van der Waals surface area contributed by atoms with Gasteiger partial charge in [-0.05, 0) is 61.4 Å². The Morgan fingerprint density at radius 2 is 1.43 bits per heavy atom. The molecule has 28 heavy (non-hydrogen) atoms. The lowest BCUT2D eigenvalue weighted by atomic mass is 10.0. The van der Waals surface area contributed by atoms with E-state index in [0.29, 0.717) is 18.8 Å². The number of hydrogen-bond donors (Lipinski definition) is 1. The number of nitrogens with zero attached hydrogens (tertiary/aromatic N) is 2. The zero-order valence-electron chi connectivity index (χ0n) is 15.3. The van der Waals surface area contributed by atoms with E-state index in [9.17, 15) is 18.4 Å². The number of imide groups is 1. The first-order valence-electron chi connectivity index (χ1n) is 9.40. The van der Waals surface area contributed by atoms with E-state index in [1.807, 2.05) is 4.90 Å². The van der Waals surface area contributed by atoms with Gasteiger partial charge < -0.3 is 5.32 Å². The van der Waals surface area contributed by atoms with Crippen molar-refractivity contribution < 1.29 is 18.4 Å². The van der Waals surface area contributed by atoms with Crippen molar-refractivity contribution in [2.24, 2.45) is 0 Å². The van der Waals surface area contributed by atoms with Gasteiger partial charge in [-0.3, -0.25) is 14.5 Å². The number of amides is 2. The van der Waals surface area contributed by atoms with Crippen LogP contribution in [0.25, 0.3) is 0 Å². The Balaban J connectivity index is 1.37. The fourth-order valence-corrected chi connectivity index (χ4v) is 3.90. The number of piperidine rings is 1. The highest BCUT2D eigenvalue weighted by atomic mass is 19.1. The van der Waals surface area contributed by atoms with Gasteiger partial charge in [0.1, 0.15) is 11.6 Å². The Bertz CT molecular complexity index is 862. The van der Waals surface area contributed by atoms with E-state index in [1.54, 1.807) is 12.1 Å². The Hall–Kier alpha value is -2.80. The number of nitrogens with one attached hydrogen (secondary N) is 1. The second-order valence-corrected chi connectivity index (χ2v) is 7.23. The number of rotatable bonds is 4. The number of anilines is 2. The molecule has 0 unspecified atom stereocenters. The van der Waals surface area contributed by atoms with Crippen molar-refractivity contribution in [3.05, 3.63) is 60.2 Å². The molecule has 0 aromatic heterocycles. The van der Waals surface area contributed by atoms with Crippen molar-refractivity contribution in [1.29, 1.82) is 0 Å². The molecule has 0 saturated carbocycles. The summed E-state index contributed by atoms with van der Waals surface area (Å²) >= 11 is 0. The molecule has 7 heteroatoms. The van der Waals surface area contributed by atoms with Crippen LogP contribution in [-0.4, -0.2) is 41.9 Å². The first kappa shape index (κ1) is 18.6. The molecule has 2 aliphatic rings. The van der Waals surface area contributed by atoms with Gasteiger partial charge in [0.2, 0.25) is 5.91 Å². The van der Waals surface area contributed by atoms with Gasteiger partial charge in [-0.2, -0.15) is 0 Å². The summed E-state index contributed by atoms with van der Waals surface area (Å²) < 4.78 is 26.1. The summed E-state index contributed by atoms with van der Waals surface area (Å²) in [6, 6.07) is 11.4. The van der Waals surface area contributed by atoms with Crippen LogP contribution in [0, 0.1) is 11.6 Å². The monoisotopic (exact) mass is 385 g/mol. The normalized spacial score (nSPS) is 21.4. The van der Waals surface area contributed by atoms with E-state index < -0.39 is 11.9 Å². The maximum atomic E-state index is 13.1. The topological polar surface area (TPSA) is 52.7 Å². The van der Waals surface area contributed by atoms with Gasteiger partial charge in [0, 0.05) is 24.8 Å². The maximum Gasteiger partial charge on any atom is 0.251 e. The molecule has 0 radical (unpaired) electrons. The number of likely N-dealkylation sites (tertiary alicyclic amines) is 1. The van der Waals surface area contributed by atoms with Crippen LogP contribution in [-0.2, 0) is 9.59 Å². The highest BCUT2D eigenvalue weighted by Crippen LogP contribution is 2.28. The minimum absolute atomic E-state index is 0.145. The van der Waals surface area contributed by atoms with E-state index in [-0.39, 0.29) is 30.1 Å². The van der Waals surface area contributed by atoms with Crippen molar-refractivity contribution in [1.82, 2.24) is 4.90 Å². The minimum Gasteiger partial charge on any atom is -0.382 e. The Labute approximate surface area is 161 Å². The van der Waals surface area contributed by atoms with Crippen molar-refractivity contribution in [2.45, 2.75) is 31.3 Å². The third kappa shape index (κ3) is 3.75. The molecule has 2 amide bonds. The van der Waals surface area contributed by atoms with E-state index in [2.05, 4.69) is 5.32 Å². The quantitative estimate of drug-likeness (QED) is 0.822. The highest BCUT2D eigenvalue weighted by molar-refractivity contribution is 6.22. The van der Waals surface area contributed by atoms with Crippen molar-refractivity contribution in [3.8, 4) is 0 Å². The van der Waals surface area contributed by atoms with Crippen molar-refractivity contribution in [3.63, 3.8) is 0 Å². The van der Waals surface area contributed by atoms with Crippen LogP contribution >= 0.6 is 0 Å². The lowest BCUT2D eigenvalue weighted by molar-refractivity contribution is -0.123. The lowest BCUT2D eigenvalue weighted by Gasteiger charge is -2.35. The first-order chi connectivity index (χ1) is 13.5. The van der Waals surface area contributed by atoms with E-state index in [4.69, 9.17) is 0 Å². The molecule has 2 saturated heterocycles. The standard InChI is InChI=1S/C21H21F2N3O2/c22-14-1-5-16(6-2-14)24-17-9-11-25(12-10-17)19-13-20(27)26(21(19)28)18-7-3-15(23)4-8-18/h1-8,17,19,24H,9-13H2/t19-/m1/s1. The molecule has 2 aromatic carbocycles. The Morgan fingerprint density at radius 1 is 0.857 bits per heavy atom. The van der Waals surface area contributed by atoms with Crippen LogP contribution in [0.2, 0.25) is 0 Å². The molecule has 0 aliphatic carbocycles. The van der Waals surface area contributed by atoms with Crippen LogP contribution in [0.3, 0.4) is 0 Å². The van der Waals surface area contributed by atoms with Crippen LogP contribution in [0.5, 0.6) is 0 Å². The maximum absolute atomic E-state index is 13.1. The molecule has 0 bridgehead atoms. The summed E-state index contributed by atoms with van der Waals surface area (Å²) in [5.41, 5.74) is 1.28. The largest absolute Gasteiger partial charge is 0.382 e. The summed E-state index contributed by atoms with van der Waals surface area (Å²) in [6.07, 6.45) is 1.80. The summed E-state index contributed by atoms with van der Waals surface area (Å²) in [4.78, 5) is 28.4. The van der Waals surface area contributed by atoms with Gasteiger partial charge in [0.15, 0.2) is 0 Å². The van der Waals surface area contributed by atoms with Gasteiger partial charge >= 0.3 is 0 Å². The molecule has 0 spiro atoms. The van der Waals surface area contributed by atoms with Crippen molar-refractivity contribution in [2.75, 3.05) is 23.3 Å². The summed E-state index contributed by atoms with van der Waals surface area (Å²) in [7, 11) is 0. The van der Waals surface area contributed by atoms with E-state index in [1.165, 1.54) is 36.4 Å². The Kier molecular flexibility index (Phi) is 5.09. The molecular formula is C21H21F2N3O2. The highest BCUT2D eigenvalue weighted by Gasteiger charge is 2.43. The third-order valence-electron chi connectivity index (χ3n) is 5.39. The number of carbonyl (C=O) groups is 2. The van der Waals surface area contributed by atoms with Gasteiger partial charge in [0.05, 0.1) is 18.2 Å². The fourth-order valence-electron chi connectivity index (χ4n) is 3.90. The van der Waals surface area contributed by atoms with Gasteiger partial charge in [0.25, 0.3) is 5.91 Å². The molecule has 2 heterocycles. The second-order valence-electron chi connectivity index (χ2n) is 7.23. The zero-order chi connectivity index (χ0) is 19.7. The molecule has 146 valence electrons. The summed E-state index contributed by atoms with van der Waals surface area (Å²) in [5, 5.41) is 3.39. The molecule has 1 atom stereocenters. The van der Waals surface area contributed by atoms with Gasteiger partial charge in [-0.25, -0.2) is 13.7 Å². The van der Waals surface area contributed by atoms with Crippen molar-refractivity contribution >= 4 is 23.2 Å². The van der Waals surface area contributed by atoms with Crippen LogP contribution < -0.4 is 10.2 Å². The summed E-state index contributed by atoms with van der Waals surface area (Å²) in [5.74, 6) is -1.18. The zero-order valence-corrected chi connectivity index (χ0v) is 15.3. The number of hydrogen-bond acceptors (Lipinski definition) is 4. The molecule has 2 fully saturated rings. The molecule has 1 N–H and O–H groups in total. The Morgan fingerprint density at radius 3 is 2.04 bits per heavy atom. The molecule has 5 nitrogen and oxygen atoms in total. The molecule has 2 aliphatic heterocycles. The smallest absolute Gasteiger partial charge is 0.251 e. The SMILES string of the molecule is O=C1C[C@@H](N2CCC(Nc3ccc(F)cc3)CC2)C(=O)N1c1ccc(F)cc1. The predicted octanol–water partition coefficient (Wildman–Crippen LogP) is 3.17. The molecule has 2 aromatic rings. The molecular weight excluding hydrogens is 364 g/mol. The molecule has 4 rings (SSSR count). The average molecular weight is 385 g/mol. The van der Waals surface area contributed by atoms with Crippen LogP contribution in [0.15, 0.2) is 48.5 Å².